The van der Waals surface area contributed by atoms with Gasteiger partial charge in [-0.15, -0.1) is 0 Å². The number of hydrogen-bond acceptors (Lipinski definition) is 4. The molecule has 31 heavy (non-hydrogen) atoms. The minimum atomic E-state index is 0.497. The topological polar surface area (TPSA) is 52.1 Å². The summed E-state index contributed by atoms with van der Waals surface area (Å²) in [5.41, 5.74) is 2.82. The first kappa shape index (κ1) is 24.0. The Labute approximate surface area is 189 Å². The summed E-state index contributed by atoms with van der Waals surface area (Å²) >= 11 is 0. The van der Waals surface area contributed by atoms with E-state index < -0.39 is 0 Å². The highest BCUT2D eigenvalue weighted by Gasteiger charge is 2.19. The van der Waals surface area contributed by atoms with Crippen LogP contribution in [0.25, 0.3) is 0 Å². The summed E-state index contributed by atoms with van der Waals surface area (Å²) in [5.74, 6) is 0.919. The summed E-state index contributed by atoms with van der Waals surface area (Å²) in [5, 5.41) is 7.22. The quantitative estimate of drug-likeness (QED) is 0.359. The third-order valence-corrected chi connectivity index (χ3v) is 6.63. The Kier molecular flexibility index (Phi) is 10.6. The number of methoxy groups -OCH3 is 1. The normalized spacial score (nSPS) is 19.9. The molecule has 1 aromatic rings. The summed E-state index contributed by atoms with van der Waals surface area (Å²) in [4.78, 5) is 9.66. The molecule has 174 valence electrons. The third-order valence-electron chi connectivity index (χ3n) is 6.63. The molecule has 0 saturated carbocycles. The number of rotatable bonds is 9. The van der Waals surface area contributed by atoms with Crippen molar-refractivity contribution in [3.05, 3.63) is 35.4 Å². The highest BCUT2D eigenvalue weighted by molar-refractivity contribution is 5.80. The van der Waals surface area contributed by atoms with Gasteiger partial charge in [-0.2, -0.15) is 0 Å². The van der Waals surface area contributed by atoms with Gasteiger partial charge in [0.2, 0.25) is 0 Å². The molecule has 0 unspecified atom stereocenters. The minimum Gasteiger partial charge on any atom is -0.385 e. The van der Waals surface area contributed by atoms with Crippen LogP contribution in [0.4, 0.5) is 0 Å². The fourth-order valence-electron chi connectivity index (χ4n) is 4.72. The molecule has 6 nitrogen and oxygen atoms in total. The Morgan fingerprint density at radius 1 is 1.00 bits per heavy atom. The lowest BCUT2D eigenvalue weighted by molar-refractivity contribution is 0.155. The molecule has 0 bridgehead atoms. The molecule has 2 saturated heterocycles. The molecule has 2 N–H and O–H groups in total. The van der Waals surface area contributed by atoms with E-state index in [2.05, 4.69) is 49.7 Å². The van der Waals surface area contributed by atoms with Crippen LogP contribution in [-0.4, -0.2) is 75.3 Å². The third kappa shape index (κ3) is 8.43. The second kappa shape index (κ2) is 13.7. The van der Waals surface area contributed by atoms with Crippen LogP contribution in [0.15, 0.2) is 29.3 Å². The first-order valence-corrected chi connectivity index (χ1v) is 12.3. The molecular weight excluding hydrogens is 386 g/mol. The molecule has 6 heteroatoms. The van der Waals surface area contributed by atoms with Gasteiger partial charge >= 0.3 is 0 Å². The van der Waals surface area contributed by atoms with E-state index in [0.717, 1.165) is 51.7 Å². The maximum absolute atomic E-state index is 5.18. The number of piperidine rings is 1. The van der Waals surface area contributed by atoms with E-state index in [-0.39, 0.29) is 0 Å². The Bertz CT molecular complexity index is 649. The first-order chi connectivity index (χ1) is 15.3. The van der Waals surface area contributed by atoms with Gasteiger partial charge in [0.15, 0.2) is 5.96 Å². The lowest BCUT2D eigenvalue weighted by atomic mass is 10.0. The van der Waals surface area contributed by atoms with Gasteiger partial charge in [0.1, 0.15) is 0 Å². The predicted octanol–water partition coefficient (Wildman–Crippen LogP) is 3.23. The van der Waals surface area contributed by atoms with Crippen LogP contribution < -0.4 is 10.6 Å². The molecule has 2 heterocycles. The number of nitrogens with one attached hydrogen (secondary N) is 2. The largest absolute Gasteiger partial charge is 0.385 e. The lowest BCUT2D eigenvalue weighted by Crippen LogP contribution is -2.48. The molecule has 1 aromatic carbocycles. The first-order valence-electron chi connectivity index (χ1n) is 12.3. The van der Waals surface area contributed by atoms with Gasteiger partial charge in [-0.1, -0.05) is 37.1 Å². The maximum atomic E-state index is 5.18. The molecule has 0 spiro atoms. The fraction of sp³-hybridized carbons (Fsp3) is 0.720. The Morgan fingerprint density at radius 3 is 2.39 bits per heavy atom. The van der Waals surface area contributed by atoms with Crippen molar-refractivity contribution in [2.24, 2.45) is 4.99 Å². The number of likely N-dealkylation sites (tertiary alicyclic amines) is 2. The van der Waals surface area contributed by atoms with Crippen LogP contribution in [0.5, 0.6) is 0 Å². The van der Waals surface area contributed by atoms with Crippen LogP contribution in [0.2, 0.25) is 0 Å². The Hall–Kier alpha value is -1.63. The van der Waals surface area contributed by atoms with Crippen molar-refractivity contribution < 1.29 is 4.74 Å². The number of benzene rings is 1. The van der Waals surface area contributed by atoms with E-state index in [9.17, 15) is 0 Å². The minimum absolute atomic E-state index is 0.497. The predicted molar refractivity (Wildman–Crippen MR) is 129 cm³/mol. The summed E-state index contributed by atoms with van der Waals surface area (Å²) < 4.78 is 5.18. The van der Waals surface area contributed by atoms with Crippen LogP contribution in [0.1, 0.15) is 56.1 Å². The molecule has 2 fully saturated rings. The molecule has 2 aliphatic heterocycles. The maximum Gasteiger partial charge on any atom is 0.191 e. The van der Waals surface area contributed by atoms with E-state index in [1.54, 1.807) is 7.11 Å². The van der Waals surface area contributed by atoms with E-state index in [1.807, 2.05) is 7.05 Å². The van der Waals surface area contributed by atoms with Crippen LogP contribution in [0.3, 0.4) is 0 Å². The van der Waals surface area contributed by atoms with Crippen molar-refractivity contribution in [2.45, 2.75) is 64.1 Å². The Morgan fingerprint density at radius 2 is 1.71 bits per heavy atom. The van der Waals surface area contributed by atoms with Crippen molar-refractivity contribution in [2.75, 3.05) is 53.5 Å². The van der Waals surface area contributed by atoms with Crippen LogP contribution >= 0.6 is 0 Å². The number of ether oxygens (including phenoxy) is 1. The SMILES string of the molecule is CN=C(NCc1ccccc1CN1CCCCCC1)NC1CCN(CCCOC)CC1. The summed E-state index contributed by atoms with van der Waals surface area (Å²) in [6.45, 7) is 8.64. The summed E-state index contributed by atoms with van der Waals surface area (Å²) in [6, 6.07) is 9.36. The van der Waals surface area contributed by atoms with Gasteiger partial charge in [-0.3, -0.25) is 9.89 Å². The second-order valence-corrected chi connectivity index (χ2v) is 8.99. The number of nitrogens with zero attached hydrogens (tertiary/aromatic N) is 3. The van der Waals surface area contributed by atoms with Gasteiger partial charge in [-0.05, 0) is 56.3 Å². The number of aliphatic imine (C=N–C) groups is 1. The summed E-state index contributed by atoms with van der Waals surface area (Å²) in [6.07, 6.45) is 8.89. The van der Waals surface area contributed by atoms with Crippen LogP contribution in [0, 0.1) is 0 Å². The zero-order valence-electron chi connectivity index (χ0n) is 19.7. The Balaban J connectivity index is 1.44. The zero-order chi connectivity index (χ0) is 21.7. The van der Waals surface area contributed by atoms with Gasteiger partial charge in [-0.25, -0.2) is 0 Å². The van der Waals surface area contributed by atoms with Gasteiger partial charge < -0.3 is 20.3 Å². The molecule has 0 amide bonds. The summed E-state index contributed by atoms with van der Waals surface area (Å²) in [7, 11) is 3.65. The van der Waals surface area contributed by atoms with Crippen molar-refractivity contribution in [3.63, 3.8) is 0 Å². The van der Waals surface area contributed by atoms with E-state index in [0.29, 0.717) is 6.04 Å². The van der Waals surface area contributed by atoms with Crippen molar-refractivity contribution in [1.29, 1.82) is 0 Å². The molecule has 3 rings (SSSR count). The molecule has 0 aliphatic carbocycles. The highest BCUT2D eigenvalue weighted by Crippen LogP contribution is 2.16. The molecule has 0 aromatic heterocycles. The van der Waals surface area contributed by atoms with E-state index >= 15 is 0 Å². The molecule has 2 aliphatic rings. The van der Waals surface area contributed by atoms with E-state index in [4.69, 9.17) is 4.74 Å². The molecule has 0 radical (unpaired) electrons. The average molecular weight is 430 g/mol. The van der Waals surface area contributed by atoms with Gasteiger partial charge in [0.25, 0.3) is 0 Å². The fourth-order valence-corrected chi connectivity index (χ4v) is 4.72. The van der Waals surface area contributed by atoms with Crippen molar-refractivity contribution in [1.82, 2.24) is 20.4 Å². The lowest BCUT2D eigenvalue weighted by Gasteiger charge is -2.33. The second-order valence-electron chi connectivity index (χ2n) is 8.99. The monoisotopic (exact) mass is 429 g/mol. The number of hydrogen-bond donors (Lipinski definition) is 2. The molecule has 0 atom stereocenters. The average Bonchev–Trinajstić information content (AvgIpc) is 3.07. The standard InChI is InChI=1S/C25H43N5O/c1-26-25(28-24-12-17-29(18-13-24)16-9-19-31-2)27-20-22-10-5-6-11-23(22)21-30-14-7-3-4-8-15-30/h5-6,10-11,24H,3-4,7-9,12-21H2,1-2H3,(H2,26,27,28). The smallest absolute Gasteiger partial charge is 0.191 e. The highest BCUT2D eigenvalue weighted by atomic mass is 16.5. The van der Waals surface area contributed by atoms with Crippen molar-refractivity contribution >= 4 is 5.96 Å². The number of guanidine groups is 1. The molecular formula is C25H43N5O. The zero-order valence-corrected chi connectivity index (χ0v) is 19.7. The van der Waals surface area contributed by atoms with Gasteiger partial charge in [0.05, 0.1) is 0 Å². The van der Waals surface area contributed by atoms with E-state index in [1.165, 1.54) is 62.7 Å². The van der Waals surface area contributed by atoms with Crippen molar-refractivity contribution in [3.8, 4) is 0 Å². The van der Waals surface area contributed by atoms with Crippen LogP contribution in [-0.2, 0) is 17.8 Å². The van der Waals surface area contributed by atoms with Gasteiger partial charge in [0, 0.05) is 59.5 Å².